The largest absolute Gasteiger partial charge is 0.378 e. The quantitative estimate of drug-likeness (QED) is 0.829. The third kappa shape index (κ3) is 4.06. The number of amides is 1. The number of halogens is 1. The van der Waals surface area contributed by atoms with Crippen LogP contribution in [0.3, 0.4) is 0 Å². The topological polar surface area (TPSA) is 38.8 Å². The van der Waals surface area contributed by atoms with Crippen LogP contribution in [-0.4, -0.2) is 48.8 Å². The number of carbonyl (C=O) groups excluding carboxylic acids is 1. The summed E-state index contributed by atoms with van der Waals surface area (Å²) >= 11 is 5.87. The van der Waals surface area contributed by atoms with Crippen LogP contribution in [0, 0.1) is 0 Å². The molecule has 126 valence electrons. The van der Waals surface area contributed by atoms with Crippen LogP contribution in [0.15, 0.2) is 24.3 Å². The minimum Gasteiger partial charge on any atom is -0.378 e. The number of aryl methyl sites for hydroxylation is 1. The molecule has 3 rings (SSSR count). The van der Waals surface area contributed by atoms with Gasteiger partial charge in [-0.25, -0.2) is 0 Å². The second-order valence-corrected chi connectivity index (χ2v) is 6.91. The number of ether oxygens (including phenoxy) is 2. The van der Waals surface area contributed by atoms with Crippen LogP contribution < -0.4 is 0 Å². The van der Waals surface area contributed by atoms with Gasteiger partial charge < -0.3 is 14.4 Å². The first-order valence-corrected chi connectivity index (χ1v) is 8.76. The van der Waals surface area contributed by atoms with Crippen molar-refractivity contribution in [3.05, 3.63) is 34.9 Å². The number of carbonyl (C=O) groups is 1. The molecule has 2 aliphatic heterocycles. The van der Waals surface area contributed by atoms with Crippen LogP contribution in [0.4, 0.5) is 0 Å². The van der Waals surface area contributed by atoms with Crippen molar-refractivity contribution < 1.29 is 14.3 Å². The van der Waals surface area contributed by atoms with E-state index in [1.165, 1.54) is 0 Å². The lowest BCUT2D eigenvalue weighted by Crippen LogP contribution is -2.67. The smallest absolute Gasteiger partial charge is 0.223 e. The molecule has 1 aromatic carbocycles. The predicted octanol–water partition coefficient (Wildman–Crippen LogP) is 3.07. The van der Waals surface area contributed by atoms with Crippen molar-refractivity contribution in [2.75, 3.05) is 26.3 Å². The van der Waals surface area contributed by atoms with E-state index in [4.69, 9.17) is 21.1 Å². The zero-order valence-corrected chi connectivity index (χ0v) is 14.3. The number of rotatable bonds is 5. The molecule has 2 saturated heterocycles. The van der Waals surface area contributed by atoms with Crippen molar-refractivity contribution in [2.24, 2.45) is 0 Å². The van der Waals surface area contributed by atoms with Crippen molar-refractivity contribution >= 4 is 17.5 Å². The van der Waals surface area contributed by atoms with Gasteiger partial charge in [0.05, 0.1) is 19.2 Å². The van der Waals surface area contributed by atoms with Gasteiger partial charge in [0.25, 0.3) is 0 Å². The highest BCUT2D eigenvalue weighted by Gasteiger charge is 2.49. The Bertz CT molecular complexity index is 538. The Morgan fingerprint density at radius 2 is 2.13 bits per heavy atom. The number of hydrogen-bond donors (Lipinski definition) is 0. The summed E-state index contributed by atoms with van der Waals surface area (Å²) in [5.74, 6) is 0.202. The van der Waals surface area contributed by atoms with Crippen molar-refractivity contribution in [1.29, 1.82) is 0 Å². The molecule has 0 unspecified atom stereocenters. The zero-order valence-electron chi connectivity index (χ0n) is 13.6. The van der Waals surface area contributed by atoms with Crippen LogP contribution in [-0.2, 0) is 20.7 Å². The van der Waals surface area contributed by atoms with Crippen LogP contribution in [0.5, 0.6) is 0 Å². The van der Waals surface area contributed by atoms with Gasteiger partial charge in [0.15, 0.2) is 0 Å². The Morgan fingerprint density at radius 3 is 2.83 bits per heavy atom. The molecule has 5 heteroatoms. The molecule has 4 nitrogen and oxygen atoms in total. The standard InChI is InChI=1S/C18H24ClNO3/c1-2-22-16-9-10-23-18(11-16)12-20(13-18)17(21)8-5-14-3-6-15(19)7-4-14/h3-4,6-7,16H,2,5,8-13H2,1H3/t16-/m0/s1. The van der Waals surface area contributed by atoms with Gasteiger partial charge in [0.2, 0.25) is 5.91 Å². The van der Waals surface area contributed by atoms with Gasteiger partial charge >= 0.3 is 0 Å². The van der Waals surface area contributed by atoms with Crippen LogP contribution in [0.2, 0.25) is 5.02 Å². The number of hydrogen-bond acceptors (Lipinski definition) is 3. The first-order chi connectivity index (χ1) is 11.1. The van der Waals surface area contributed by atoms with Crippen molar-refractivity contribution in [3.63, 3.8) is 0 Å². The monoisotopic (exact) mass is 337 g/mol. The third-order valence-corrected chi connectivity index (χ3v) is 4.95. The second-order valence-electron chi connectivity index (χ2n) is 6.48. The lowest BCUT2D eigenvalue weighted by atomic mass is 9.84. The van der Waals surface area contributed by atoms with Crippen LogP contribution in [0.1, 0.15) is 31.7 Å². The fraction of sp³-hybridized carbons (Fsp3) is 0.611. The Kier molecular flexibility index (Phi) is 5.24. The summed E-state index contributed by atoms with van der Waals surface area (Å²) in [5.41, 5.74) is 0.983. The summed E-state index contributed by atoms with van der Waals surface area (Å²) in [4.78, 5) is 14.2. The van der Waals surface area contributed by atoms with E-state index < -0.39 is 0 Å². The minimum absolute atomic E-state index is 0.159. The Balaban J connectivity index is 1.45. The Morgan fingerprint density at radius 1 is 1.39 bits per heavy atom. The normalized spacial score (nSPS) is 22.9. The summed E-state index contributed by atoms with van der Waals surface area (Å²) in [6.07, 6.45) is 3.43. The number of likely N-dealkylation sites (tertiary alicyclic amines) is 1. The SMILES string of the molecule is CCO[C@H]1CCOC2(C1)CN(C(=O)CCc1ccc(Cl)cc1)C2. The van der Waals surface area contributed by atoms with Gasteiger partial charge in [-0.05, 0) is 37.5 Å². The molecule has 1 aromatic rings. The van der Waals surface area contributed by atoms with Gasteiger partial charge in [0.1, 0.15) is 5.60 Å². The van der Waals surface area contributed by atoms with Gasteiger partial charge in [0, 0.05) is 31.1 Å². The van der Waals surface area contributed by atoms with Crippen LogP contribution >= 0.6 is 11.6 Å². The van der Waals surface area contributed by atoms with Crippen molar-refractivity contribution in [2.45, 2.75) is 44.3 Å². The van der Waals surface area contributed by atoms with Gasteiger partial charge in [-0.2, -0.15) is 0 Å². The maximum atomic E-state index is 12.3. The Labute approximate surface area is 142 Å². The van der Waals surface area contributed by atoms with E-state index in [-0.39, 0.29) is 17.6 Å². The van der Waals surface area contributed by atoms with E-state index in [1.54, 1.807) is 0 Å². The average Bonchev–Trinajstić information content (AvgIpc) is 2.52. The molecule has 0 bridgehead atoms. The van der Waals surface area contributed by atoms with E-state index in [0.717, 1.165) is 43.1 Å². The van der Waals surface area contributed by atoms with Gasteiger partial charge in [-0.1, -0.05) is 23.7 Å². The average molecular weight is 338 g/mol. The lowest BCUT2D eigenvalue weighted by molar-refractivity contribution is -0.200. The minimum atomic E-state index is -0.159. The van der Waals surface area contributed by atoms with Crippen molar-refractivity contribution in [3.8, 4) is 0 Å². The third-order valence-electron chi connectivity index (χ3n) is 4.70. The summed E-state index contributed by atoms with van der Waals surface area (Å²) in [7, 11) is 0. The molecule has 23 heavy (non-hydrogen) atoms. The molecule has 0 N–H and O–H groups in total. The fourth-order valence-electron chi connectivity index (χ4n) is 3.47. The lowest BCUT2D eigenvalue weighted by Gasteiger charge is -2.53. The molecule has 2 heterocycles. The number of nitrogens with zero attached hydrogens (tertiary/aromatic N) is 1. The Hall–Kier alpha value is -1.10. The van der Waals surface area contributed by atoms with E-state index in [0.29, 0.717) is 19.5 Å². The first-order valence-electron chi connectivity index (χ1n) is 8.38. The molecule has 0 aromatic heterocycles. The summed E-state index contributed by atoms with van der Waals surface area (Å²) in [6.45, 7) is 4.91. The summed E-state index contributed by atoms with van der Waals surface area (Å²) in [5, 5.41) is 0.725. The molecule has 2 aliphatic rings. The fourth-order valence-corrected chi connectivity index (χ4v) is 3.59. The molecule has 1 atom stereocenters. The van der Waals surface area contributed by atoms with E-state index in [2.05, 4.69) is 0 Å². The summed E-state index contributed by atoms with van der Waals surface area (Å²) in [6, 6.07) is 7.68. The first kappa shape index (κ1) is 16.7. The molecule has 1 amide bonds. The zero-order chi connectivity index (χ0) is 16.3. The summed E-state index contributed by atoms with van der Waals surface area (Å²) < 4.78 is 11.7. The molecular formula is C18H24ClNO3. The molecule has 0 saturated carbocycles. The highest BCUT2D eigenvalue weighted by Crippen LogP contribution is 2.35. The second kappa shape index (κ2) is 7.20. The van der Waals surface area contributed by atoms with E-state index in [9.17, 15) is 4.79 Å². The molecule has 2 fully saturated rings. The van der Waals surface area contributed by atoms with E-state index >= 15 is 0 Å². The highest BCUT2D eigenvalue weighted by molar-refractivity contribution is 6.30. The molecule has 1 spiro atoms. The highest BCUT2D eigenvalue weighted by atomic mass is 35.5. The molecular weight excluding hydrogens is 314 g/mol. The van der Waals surface area contributed by atoms with E-state index in [1.807, 2.05) is 36.1 Å². The van der Waals surface area contributed by atoms with Gasteiger partial charge in [-0.3, -0.25) is 4.79 Å². The van der Waals surface area contributed by atoms with Gasteiger partial charge in [-0.15, -0.1) is 0 Å². The molecule has 0 radical (unpaired) electrons. The molecule has 0 aliphatic carbocycles. The predicted molar refractivity (Wildman–Crippen MR) is 89.7 cm³/mol. The van der Waals surface area contributed by atoms with Crippen molar-refractivity contribution in [1.82, 2.24) is 4.90 Å². The number of benzene rings is 1. The van der Waals surface area contributed by atoms with Crippen LogP contribution in [0.25, 0.3) is 0 Å². The maximum Gasteiger partial charge on any atom is 0.223 e. The maximum absolute atomic E-state index is 12.3.